The van der Waals surface area contributed by atoms with Gasteiger partial charge in [-0.2, -0.15) is 0 Å². The number of piperidine rings is 2. The van der Waals surface area contributed by atoms with E-state index in [0.29, 0.717) is 5.92 Å². The maximum Gasteiger partial charge on any atom is 0.269 e. The van der Waals surface area contributed by atoms with E-state index in [4.69, 9.17) is 0 Å². The van der Waals surface area contributed by atoms with Crippen LogP contribution in [0.15, 0.2) is 29.2 Å². The van der Waals surface area contributed by atoms with Gasteiger partial charge in [0.15, 0.2) is 9.84 Å². The topological polar surface area (TPSA) is 83.8 Å². The van der Waals surface area contributed by atoms with E-state index < -0.39 is 14.8 Å². The summed E-state index contributed by atoms with van der Waals surface area (Å²) in [6.45, 7) is 9.23. The Bertz CT molecular complexity index is 781. The lowest BCUT2D eigenvalue weighted by Crippen LogP contribution is -2.51. The number of sulfone groups is 1. The Morgan fingerprint density at radius 2 is 1.52 bits per heavy atom. The van der Waals surface area contributed by atoms with Gasteiger partial charge in [0.25, 0.3) is 5.69 Å². The highest BCUT2D eigenvalue weighted by atomic mass is 32.2. The molecule has 0 saturated carbocycles. The third-order valence-electron chi connectivity index (χ3n) is 6.50. The maximum atomic E-state index is 13.1. The molecule has 2 saturated heterocycles. The number of nitrogens with zero attached hydrogens (tertiary/aromatic N) is 3. The van der Waals surface area contributed by atoms with Crippen molar-refractivity contribution < 1.29 is 13.3 Å². The molecule has 2 heterocycles. The molecule has 1 aromatic carbocycles. The van der Waals surface area contributed by atoms with Gasteiger partial charge in [-0.3, -0.25) is 15.0 Å². The summed E-state index contributed by atoms with van der Waals surface area (Å²) in [7, 11) is -3.52. The van der Waals surface area contributed by atoms with E-state index in [-0.39, 0.29) is 22.4 Å². The summed E-state index contributed by atoms with van der Waals surface area (Å²) in [5, 5.41) is 10.9. The van der Waals surface area contributed by atoms with Crippen molar-refractivity contribution in [3.05, 3.63) is 34.4 Å². The van der Waals surface area contributed by atoms with Gasteiger partial charge in [0.1, 0.15) is 0 Å². The molecule has 2 aliphatic heterocycles. The van der Waals surface area contributed by atoms with Crippen LogP contribution in [-0.2, 0) is 9.84 Å². The Morgan fingerprint density at radius 3 is 2.03 bits per heavy atom. The van der Waals surface area contributed by atoms with Gasteiger partial charge in [0.05, 0.1) is 15.6 Å². The predicted octanol–water partition coefficient (Wildman–Crippen LogP) is 3.20. The lowest BCUT2D eigenvalue weighted by Gasteiger charge is -2.40. The van der Waals surface area contributed by atoms with Crippen molar-refractivity contribution in [2.24, 2.45) is 11.8 Å². The van der Waals surface area contributed by atoms with E-state index in [2.05, 4.69) is 23.6 Å². The molecule has 29 heavy (non-hydrogen) atoms. The summed E-state index contributed by atoms with van der Waals surface area (Å²) in [6, 6.07) is 5.24. The zero-order chi connectivity index (χ0) is 21.0. The van der Waals surface area contributed by atoms with Gasteiger partial charge in [0.2, 0.25) is 0 Å². The molecule has 0 unspecified atom stereocenters. The van der Waals surface area contributed by atoms with Gasteiger partial charge >= 0.3 is 0 Å². The van der Waals surface area contributed by atoms with E-state index in [9.17, 15) is 18.5 Å². The van der Waals surface area contributed by atoms with E-state index in [1.54, 1.807) is 0 Å². The van der Waals surface area contributed by atoms with Crippen LogP contribution in [0.2, 0.25) is 0 Å². The highest BCUT2D eigenvalue weighted by molar-refractivity contribution is 7.91. The quantitative estimate of drug-likeness (QED) is 0.495. The fraction of sp³-hybridized carbons (Fsp3) is 0.714. The summed E-state index contributed by atoms with van der Waals surface area (Å²) in [5.41, 5.74) is -0.0899. The average molecular weight is 424 g/mol. The van der Waals surface area contributed by atoms with Crippen LogP contribution in [0, 0.1) is 22.0 Å². The van der Waals surface area contributed by atoms with Crippen molar-refractivity contribution in [2.45, 2.75) is 50.5 Å². The molecule has 162 valence electrons. The number of nitro benzene ring substituents is 1. The molecular formula is C21H33N3O4S. The smallest absolute Gasteiger partial charge is 0.269 e. The first-order valence-corrected chi connectivity index (χ1v) is 12.3. The zero-order valence-corrected chi connectivity index (χ0v) is 18.3. The van der Waals surface area contributed by atoms with Crippen LogP contribution in [0.3, 0.4) is 0 Å². The first kappa shape index (κ1) is 22.2. The number of benzene rings is 1. The number of non-ortho nitro benzene ring substituents is 1. The summed E-state index contributed by atoms with van der Waals surface area (Å²) >= 11 is 0. The van der Waals surface area contributed by atoms with Crippen LogP contribution in [0.4, 0.5) is 5.69 Å². The zero-order valence-electron chi connectivity index (χ0n) is 17.5. The highest BCUT2D eigenvalue weighted by Crippen LogP contribution is 2.24. The molecule has 0 radical (unpaired) electrons. The molecule has 0 amide bonds. The fourth-order valence-electron chi connectivity index (χ4n) is 4.33. The number of rotatable bonds is 7. The molecule has 0 spiro atoms. The molecule has 7 nitrogen and oxygen atoms in total. The lowest BCUT2D eigenvalue weighted by atomic mass is 9.97. The molecule has 0 bridgehead atoms. The first-order valence-electron chi connectivity index (χ1n) is 10.7. The predicted molar refractivity (Wildman–Crippen MR) is 114 cm³/mol. The second kappa shape index (κ2) is 9.53. The molecule has 0 aliphatic carbocycles. The lowest BCUT2D eigenvalue weighted by molar-refractivity contribution is -0.384. The summed E-state index contributed by atoms with van der Waals surface area (Å²) < 4.78 is 26.2. The molecule has 1 aromatic rings. The number of nitro groups is 1. The van der Waals surface area contributed by atoms with Crippen LogP contribution in [-0.4, -0.2) is 67.7 Å². The Kier molecular flexibility index (Phi) is 7.29. The molecular weight excluding hydrogens is 390 g/mol. The van der Waals surface area contributed by atoms with E-state index in [1.807, 2.05) is 0 Å². The Morgan fingerprint density at radius 1 is 1.00 bits per heavy atom. The molecule has 8 heteroatoms. The van der Waals surface area contributed by atoms with Gasteiger partial charge in [-0.05, 0) is 75.8 Å². The van der Waals surface area contributed by atoms with Crippen LogP contribution >= 0.6 is 0 Å². The van der Waals surface area contributed by atoms with Crippen molar-refractivity contribution in [3.63, 3.8) is 0 Å². The Balaban J connectivity index is 1.74. The third-order valence-corrected chi connectivity index (χ3v) is 8.31. The third kappa shape index (κ3) is 5.99. The van der Waals surface area contributed by atoms with Crippen molar-refractivity contribution in [1.82, 2.24) is 9.80 Å². The number of likely N-dealkylation sites (tertiary alicyclic amines) is 2. The monoisotopic (exact) mass is 423 g/mol. The minimum atomic E-state index is -3.52. The van der Waals surface area contributed by atoms with E-state index in [0.717, 1.165) is 51.5 Å². The molecule has 0 aromatic heterocycles. The van der Waals surface area contributed by atoms with Gasteiger partial charge in [-0.1, -0.05) is 13.8 Å². The molecule has 2 aliphatic rings. The average Bonchev–Trinajstić information content (AvgIpc) is 2.69. The standard InChI is InChI=1S/C21H33N3O4S/c1-17-7-11-22(12-8-17)15-20(23-13-9-18(2)10-14-23)16-29(27,28)21-5-3-19(4-6-21)24(25)26/h3-6,17-18,20H,7-16H2,1-2H3/t20-/m1/s1. The van der Waals surface area contributed by atoms with Crippen molar-refractivity contribution >= 4 is 15.5 Å². The van der Waals surface area contributed by atoms with Gasteiger partial charge < -0.3 is 4.90 Å². The van der Waals surface area contributed by atoms with Crippen LogP contribution in [0.5, 0.6) is 0 Å². The second-order valence-electron chi connectivity index (χ2n) is 8.89. The van der Waals surface area contributed by atoms with Crippen LogP contribution in [0.25, 0.3) is 0 Å². The van der Waals surface area contributed by atoms with E-state index in [1.165, 1.54) is 37.1 Å². The second-order valence-corrected chi connectivity index (χ2v) is 10.9. The van der Waals surface area contributed by atoms with Crippen molar-refractivity contribution in [3.8, 4) is 0 Å². The molecule has 1 atom stereocenters. The summed E-state index contributed by atoms with van der Waals surface area (Å²) in [4.78, 5) is 15.3. The minimum absolute atomic E-state index is 0.0453. The Hall–Kier alpha value is -1.51. The van der Waals surface area contributed by atoms with Crippen LogP contribution < -0.4 is 0 Å². The van der Waals surface area contributed by atoms with E-state index >= 15 is 0 Å². The number of hydrogen-bond donors (Lipinski definition) is 0. The Labute approximate surface area is 174 Å². The van der Waals surface area contributed by atoms with Gasteiger partial charge in [-0.15, -0.1) is 0 Å². The number of hydrogen-bond acceptors (Lipinski definition) is 6. The summed E-state index contributed by atoms with van der Waals surface area (Å²) in [6.07, 6.45) is 4.54. The fourth-order valence-corrected chi connectivity index (χ4v) is 5.90. The van der Waals surface area contributed by atoms with Crippen molar-refractivity contribution in [2.75, 3.05) is 38.5 Å². The highest BCUT2D eigenvalue weighted by Gasteiger charge is 2.31. The maximum absolute atomic E-state index is 13.1. The van der Waals surface area contributed by atoms with Gasteiger partial charge in [-0.25, -0.2) is 8.42 Å². The van der Waals surface area contributed by atoms with Crippen molar-refractivity contribution in [1.29, 1.82) is 0 Å². The molecule has 3 rings (SSSR count). The summed E-state index contributed by atoms with van der Waals surface area (Å²) in [5.74, 6) is 1.49. The SMILES string of the molecule is CC1CCN(C[C@H](CS(=O)(=O)c2ccc([N+](=O)[O-])cc2)N2CCC(C)CC2)CC1. The first-order chi connectivity index (χ1) is 13.7. The minimum Gasteiger partial charge on any atom is -0.302 e. The molecule has 0 N–H and O–H groups in total. The largest absolute Gasteiger partial charge is 0.302 e. The van der Waals surface area contributed by atoms with Gasteiger partial charge in [0, 0.05) is 24.7 Å². The molecule has 2 fully saturated rings. The normalized spacial score (nSPS) is 21.9. The van der Waals surface area contributed by atoms with Crippen LogP contribution in [0.1, 0.15) is 39.5 Å².